The van der Waals surface area contributed by atoms with Crippen LogP contribution in [0.3, 0.4) is 0 Å². The number of hydrogen-bond donors (Lipinski definition) is 1. The highest BCUT2D eigenvalue weighted by Gasteiger charge is 1.98. The summed E-state index contributed by atoms with van der Waals surface area (Å²) >= 11 is 0. The molecule has 1 N–H and O–H groups in total. The van der Waals surface area contributed by atoms with E-state index in [-0.39, 0.29) is 0 Å². The Kier molecular flexibility index (Phi) is 5.99. The van der Waals surface area contributed by atoms with Crippen molar-refractivity contribution in [1.29, 1.82) is 0 Å². The zero-order valence-electron chi connectivity index (χ0n) is 9.40. The summed E-state index contributed by atoms with van der Waals surface area (Å²) in [5.74, 6) is 0. The molecule has 0 aliphatic heterocycles. The van der Waals surface area contributed by atoms with Gasteiger partial charge in [-0.2, -0.15) is 0 Å². The molecule has 86 valence electrons. The van der Waals surface area contributed by atoms with Crippen LogP contribution < -0.4 is 5.32 Å². The minimum atomic E-state index is 0.780. The fourth-order valence-corrected chi connectivity index (χ4v) is 1.18. The Balaban J connectivity index is 1.97. The van der Waals surface area contributed by atoms with Crippen molar-refractivity contribution in [2.75, 3.05) is 40.4 Å². The zero-order chi connectivity index (χ0) is 10.9. The van der Waals surface area contributed by atoms with E-state index in [1.165, 1.54) is 0 Å². The predicted molar refractivity (Wildman–Crippen MR) is 57.6 cm³/mol. The number of methoxy groups -OCH3 is 1. The van der Waals surface area contributed by atoms with E-state index in [0.29, 0.717) is 0 Å². The van der Waals surface area contributed by atoms with Gasteiger partial charge in [-0.05, 0) is 7.05 Å². The van der Waals surface area contributed by atoms with Gasteiger partial charge in [-0.1, -0.05) is 5.16 Å². The van der Waals surface area contributed by atoms with E-state index in [1.807, 2.05) is 0 Å². The van der Waals surface area contributed by atoms with Crippen LogP contribution in [0, 0.1) is 0 Å². The molecular weight excluding hydrogens is 194 g/mol. The van der Waals surface area contributed by atoms with Crippen molar-refractivity contribution in [1.82, 2.24) is 15.4 Å². The maximum absolute atomic E-state index is 4.99. The monoisotopic (exact) mass is 213 g/mol. The highest BCUT2D eigenvalue weighted by atomic mass is 16.5. The molecule has 1 rings (SSSR count). The molecule has 0 radical (unpaired) electrons. The second-order valence-electron chi connectivity index (χ2n) is 3.51. The van der Waals surface area contributed by atoms with Gasteiger partial charge in [-0.15, -0.1) is 0 Å². The van der Waals surface area contributed by atoms with Crippen molar-refractivity contribution in [3.63, 3.8) is 0 Å². The van der Waals surface area contributed by atoms with Crippen LogP contribution in [0.5, 0.6) is 0 Å². The summed E-state index contributed by atoms with van der Waals surface area (Å²) in [4.78, 5) is 2.23. The first kappa shape index (κ1) is 12.2. The van der Waals surface area contributed by atoms with Gasteiger partial charge in [0.25, 0.3) is 0 Å². The SMILES string of the molecule is COCCN(C)CCNCc1cnoc1. The lowest BCUT2D eigenvalue weighted by atomic mass is 10.3. The Morgan fingerprint density at radius 1 is 1.53 bits per heavy atom. The summed E-state index contributed by atoms with van der Waals surface area (Å²) in [5, 5.41) is 6.95. The van der Waals surface area contributed by atoms with E-state index in [1.54, 1.807) is 19.6 Å². The number of hydrogen-bond acceptors (Lipinski definition) is 5. The third kappa shape index (κ3) is 5.51. The average Bonchev–Trinajstić information content (AvgIpc) is 2.74. The van der Waals surface area contributed by atoms with E-state index in [2.05, 4.69) is 22.4 Å². The summed E-state index contributed by atoms with van der Waals surface area (Å²) in [7, 11) is 3.80. The quantitative estimate of drug-likeness (QED) is 0.631. The molecule has 0 aliphatic carbocycles. The van der Waals surface area contributed by atoms with Crippen molar-refractivity contribution in [2.24, 2.45) is 0 Å². The minimum absolute atomic E-state index is 0.780. The molecule has 0 saturated heterocycles. The van der Waals surface area contributed by atoms with Gasteiger partial charge in [-0.25, -0.2) is 0 Å². The normalized spacial score (nSPS) is 11.1. The second-order valence-corrected chi connectivity index (χ2v) is 3.51. The number of nitrogens with one attached hydrogen (secondary N) is 1. The molecule has 5 heteroatoms. The van der Waals surface area contributed by atoms with Gasteiger partial charge in [0.1, 0.15) is 6.26 Å². The Bertz CT molecular complexity index is 239. The molecule has 5 nitrogen and oxygen atoms in total. The predicted octanol–water partition coefficient (Wildman–Crippen LogP) is 0.342. The molecule has 1 aromatic rings. The van der Waals surface area contributed by atoms with Crippen LogP contribution in [0.15, 0.2) is 17.0 Å². The average molecular weight is 213 g/mol. The van der Waals surface area contributed by atoms with Crippen molar-refractivity contribution < 1.29 is 9.26 Å². The second kappa shape index (κ2) is 7.39. The highest BCUT2D eigenvalue weighted by molar-refractivity contribution is 4.98. The molecule has 0 unspecified atom stereocenters. The summed E-state index contributed by atoms with van der Waals surface area (Å²) in [6, 6.07) is 0. The highest BCUT2D eigenvalue weighted by Crippen LogP contribution is 1.94. The van der Waals surface area contributed by atoms with Crippen LogP contribution in [0.4, 0.5) is 0 Å². The smallest absolute Gasteiger partial charge is 0.128 e. The molecule has 0 aliphatic rings. The van der Waals surface area contributed by atoms with Gasteiger partial charge in [0.15, 0.2) is 0 Å². The largest absolute Gasteiger partial charge is 0.383 e. The van der Waals surface area contributed by atoms with Gasteiger partial charge < -0.3 is 19.5 Å². The Hall–Kier alpha value is -0.910. The number of likely N-dealkylation sites (N-methyl/N-ethyl adjacent to an activating group) is 1. The topological polar surface area (TPSA) is 50.5 Å². The zero-order valence-corrected chi connectivity index (χ0v) is 9.40. The van der Waals surface area contributed by atoms with Crippen LogP contribution in [0.2, 0.25) is 0 Å². The van der Waals surface area contributed by atoms with Crippen molar-refractivity contribution in [3.05, 3.63) is 18.0 Å². The molecule has 0 spiro atoms. The van der Waals surface area contributed by atoms with Crippen LogP contribution in [0.1, 0.15) is 5.56 Å². The molecule has 1 heterocycles. The van der Waals surface area contributed by atoms with E-state index >= 15 is 0 Å². The summed E-state index contributed by atoms with van der Waals surface area (Å²) in [6.07, 6.45) is 3.38. The summed E-state index contributed by atoms with van der Waals surface area (Å²) < 4.78 is 9.72. The van der Waals surface area contributed by atoms with Crippen LogP contribution in [-0.2, 0) is 11.3 Å². The van der Waals surface area contributed by atoms with Gasteiger partial charge in [0, 0.05) is 38.9 Å². The summed E-state index contributed by atoms with van der Waals surface area (Å²) in [5.41, 5.74) is 1.08. The van der Waals surface area contributed by atoms with Crippen LogP contribution >= 0.6 is 0 Å². The first-order valence-corrected chi connectivity index (χ1v) is 5.09. The molecule has 0 bridgehead atoms. The third-order valence-corrected chi connectivity index (χ3v) is 2.16. The van der Waals surface area contributed by atoms with E-state index in [0.717, 1.165) is 38.3 Å². The van der Waals surface area contributed by atoms with Crippen LogP contribution in [-0.4, -0.2) is 50.5 Å². The lowest BCUT2D eigenvalue weighted by Crippen LogP contribution is -2.31. The lowest BCUT2D eigenvalue weighted by Gasteiger charge is -2.15. The number of rotatable bonds is 8. The molecule has 1 aromatic heterocycles. The number of ether oxygens (including phenoxy) is 1. The first-order valence-electron chi connectivity index (χ1n) is 5.09. The Morgan fingerprint density at radius 3 is 3.07 bits per heavy atom. The fourth-order valence-electron chi connectivity index (χ4n) is 1.18. The minimum Gasteiger partial charge on any atom is -0.383 e. The Labute approximate surface area is 90.4 Å². The molecular formula is C10H19N3O2. The van der Waals surface area contributed by atoms with E-state index in [9.17, 15) is 0 Å². The van der Waals surface area contributed by atoms with Gasteiger partial charge in [-0.3, -0.25) is 0 Å². The number of nitrogens with zero attached hydrogens (tertiary/aromatic N) is 2. The number of aromatic nitrogens is 1. The maximum atomic E-state index is 4.99. The molecule has 0 saturated carbocycles. The fraction of sp³-hybridized carbons (Fsp3) is 0.700. The molecule has 0 fully saturated rings. The lowest BCUT2D eigenvalue weighted by molar-refractivity contribution is 0.161. The van der Waals surface area contributed by atoms with Gasteiger partial charge >= 0.3 is 0 Å². The van der Waals surface area contributed by atoms with Crippen molar-refractivity contribution in [2.45, 2.75) is 6.54 Å². The van der Waals surface area contributed by atoms with Crippen molar-refractivity contribution in [3.8, 4) is 0 Å². The standard InChI is InChI=1S/C10H19N3O2/c1-13(5-6-14-2)4-3-11-7-10-8-12-15-9-10/h8-9,11H,3-7H2,1-2H3. The molecule has 15 heavy (non-hydrogen) atoms. The maximum Gasteiger partial charge on any atom is 0.128 e. The van der Waals surface area contributed by atoms with E-state index in [4.69, 9.17) is 9.26 Å². The summed E-state index contributed by atoms with van der Waals surface area (Å²) in [6.45, 7) is 4.51. The van der Waals surface area contributed by atoms with Crippen molar-refractivity contribution >= 4 is 0 Å². The molecule has 0 aromatic carbocycles. The van der Waals surface area contributed by atoms with Crippen LogP contribution in [0.25, 0.3) is 0 Å². The Morgan fingerprint density at radius 2 is 2.40 bits per heavy atom. The van der Waals surface area contributed by atoms with E-state index < -0.39 is 0 Å². The first-order chi connectivity index (χ1) is 7.33. The molecule has 0 amide bonds. The van der Waals surface area contributed by atoms with Gasteiger partial charge in [0.05, 0.1) is 12.8 Å². The molecule has 0 atom stereocenters. The van der Waals surface area contributed by atoms with Gasteiger partial charge in [0.2, 0.25) is 0 Å². The third-order valence-electron chi connectivity index (χ3n) is 2.16.